The van der Waals surface area contributed by atoms with E-state index in [1.807, 2.05) is 0 Å². The normalized spacial score (nSPS) is 10.8. The summed E-state index contributed by atoms with van der Waals surface area (Å²) in [5.74, 6) is -1.01. The van der Waals surface area contributed by atoms with E-state index in [0.717, 1.165) is 11.1 Å². The highest BCUT2D eigenvalue weighted by atomic mass is 19.1. The third-order valence-corrected chi connectivity index (χ3v) is 3.93. The predicted molar refractivity (Wildman–Crippen MR) is 89.2 cm³/mol. The van der Waals surface area contributed by atoms with E-state index in [1.54, 1.807) is 24.3 Å². The second-order valence-electron chi connectivity index (χ2n) is 5.74. The standard InChI is InChI=1S/C20H16F3N/c21-17-5-1-13(2-6-17)9-15-11-19(23)12-16(20(15)24)10-14-3-7-18(22)8-4-14/h1-8,11-12H,9-10,24H2. The van der Waals surface area contributed by atoms with Gasteiger partial charge in [0.1, 0.15) is 17.5 Å². The number of nitrogens with two attached hydrogens (primary N) is 1. The Hall–Kier alpha value is -2.75. The summed E-state index contributed by atoms with van der Waals surface area (Å²) in [6.07, 6.45) is 0.834. The van der Waals surface area contributed by atoms with Gasteiger partial charge in [-0.15, -0.1) is 0 Å². The predicted octanol–water partition coefficient (Wildman–Crippen LogP) is 4.87. The van der Waals surface area contributed by atoms with Crippen molar-refractivity contribution in [3.63, 3.8) is 0 Å². The minimum Gasteiger partial charge on any atom is -0.398 e. The number of rotatable bonds is 4. The van der Waals surface area contributed by atoms with E-state index in [4.69, 9.17) is 5.73 Å². The lowest BCUT2D eigenvalue weighted by atomic mass is 9.96. The quantitative estimate of drug-likeness (QED) is 0.680. The average Bonchev–Trinajstić information content (AvgIpc) is 2.56. The van der Waals surface area contributed by atoms with Crippen LogP contribution in [-0.4, -0.2) is 0 Å². The molecule has 0 aliphatic carbocycles. The number of nitrogen functional groups attached to an aromatic ring is 1. The minimum atomic E-state index is -0.376. The molecular formula is C20H16F3N. The number of hydrogen-bond donors (Lipinski definition) is 1. The summed E-state index contributed by atoms with van der Waals surface area (Å²) in [6.45, 7) is 0. The van der Waals surface area contributed by atoms with E-state index in [2.05, 4.69) is 0 Å². The lowest BCUT2D eigenvalue weighted by molar-refractivity contribution is 0.623. The number of benzene rings is 3. The lowest BCUT2D eigenvalue weighted by Crippen LogP contribution is -2.03. The van der Waals surface area contributed by atoms with Gasteiger partial charge < -0.3 is 5.73 Å². The monoisotopic (exact) mass is 327 g/mol. The molecular weight excluding hydrogens is 311 g/mol. The Morgan fingerprint density at radius 1 is 0.583 bits per heavy atom. The highest BCUT2D eigenvalue weighted by molar-refractivity contribution is 5.57. The fourth-order valence-electron chi connectivity index (χ4n) is 2.67. The van der Waals surface area contributed by atoms with Gasteiger partial charge in [-0.2, -0.15) is 0 Å². The summed E-state index contributed by atoms with van der Waals surface area (Å²) in [6, 6.07) is 14.9. The van der Waals surface area contributed by atoms with Gasteiger partial charge in [0, 0.05) is 5.69 Å². The van der Waals surface area contributed by atoms with Crippen molar-refractivity contribution in [2.24, 2.45) is 0 Å². The van der Waals surface area contributed by atoms with Crippen molar-refractivity contribution in [1.29, 1.82) is 0 Å². The van der Waals surface area contributed by atoms with Gasteiger partial charge in [0.2, 0.25) is 0 Å². The molecule has 24 heavy (non-hydrogen) atoms. The van der Waals surface area contributed by atoms with Gasteiger partial charge in [-0.05, 0) is 71.5 Å². The van der Waals surface area contributed by atoms with E-state index >= 15 is 0 Å². The summed E-state index contributed by atoms with van der Waals surface area (Å²) < 4.78 is 40.0. The van der Waals surface area contributed by atoms with Crippen LogP contribution in [0.15, 0.2) is 60.7 Å². The van der Waals surface area contributed by atoms with Crippen LogP contribution in [-0.2, 0) is 12.8 Å². The van der Waals surface area contributed by atoms with Crippen molar-refractivity contribution in [3.05, 3.63) is 100 Å². The first-order valence-corrected chi connectivity index (χ1v) is 7.57. The minimum absolute atomic E-state index is 0.317. The SMILES string of the molecule is Nc1c(Cc2ccc(F)cc2)cc(F)cc1Cc1ccc(F)cc1. The lowest BCUT2D eigenvalue weighted by Gasteiger charge is -2.12. The Balaban J connectivity index is 1.89. The zero-order chi connectivity index (χ0) is 17.1. The molecule has 0 heterocycles. The molecule has 0 aliphatic heterocycles. The van der Waals surface area contributed by atoms with E-state index in [1.165, 1.54) is 36.4 Å². The topological polar surface area (TPSA) is 26.0 Å². The first kappa shape index (κ1) is 16.1. The first-order chi connectivity index (χ1) is 11.5. The van der Waals surface area contributed by atoms with Gasteiger partial charge in [0.25, 0.3) is 0 Å². The second kappa shape index (κ2) is 6.79. The maximum absolute atomic E-state index is 14.0. The van der Waals surface area contributed by atoms with Crippen LogP contribution in [0.4, 0.5) is 18.9 Å². The summed E-state index contributed by atoms with van der Waals surface area (Å²) in [5, 5.41) is 0. The molecule has 0 radical (unpaired) electrons. The Kier molecular flexibility index (Phi) is 4.56. The van der Waals surface area contributed by atoms with Crippen molar-refractivity contribution < 1.29 is 13.2 Å². The highest BCUT2D eigenvalue weighted by Gasteiger charge is 2.10. The van der Waals surface area contributed by atoms with E-state index in [0.29, 0.717) is 29.7 Å². The smallest absolute Gasteiger partial charge is 0.123 e. The molecule has 122 valence electrons. The van der Waals surface area contributed by atoms with Crippen LogP contribution in [0.1, 0.15) is 22.3 Å². The van der Waals surface area contributed by atoms with Crippen LogP contribution in [0.2, 0.25) is 0 Å². The molecule has 0 aliphatic rings. The molecule has 0 spiro atoms. The summed E-state index contributed by atoms with van der Waals surface area (Å²) >= 11 is 0. The van der Waals surface area contributed by atoms with Crippen LogP contribution < -0.4 is 5.73 Å². The zero-order valence-corrected chi connectivity index (χ0v) is 12.9. The van der Waals surface area contributed by atoms with Crippen LogP contribution >= 0.6 is 0 Å². The summed E-state index contributed by atoms with van der Waals surface area (Å²) in [4.78, 5) is 0. The van der Waals surface area contributed by atoms with Crippen molar-refractivity contribution >= 4 is 5.69 Å². The third-order valence-electron chi connectivity index (χ3n) is 3.93. The largest absolute Gasteiger partial charge is 0.398 e. The highest BCUT2D eigenvalue weighted by Crippen LogP contribution is 2.25. The van der Waals surface area contributed by atoms with Crippen LogP contribution in [0.25, 0.3) is 0 Å². The van der Waals surface area contributed by atoms with Crippen LogP contribution in [0, 0.1) is 17.5 Å². The molecule has 0 saturated heterocycles. The number of halogens is 3. The van der Waals surface area contributed by atoms with Gasteiger partial charge in [0.15, 0.2) is 0 Å². The van der Waals surface area contributed by atoms with Gasteiger partial charge >= 0.3 is 0 Å². The van der Waals surface area contributed by atoms with Crippen LogP contribution in [0.3, 0.4) is 0 Å². The zero-order valence-electron chi connectivity index (χ0n) is 12.9. The molecule has 0 saturated carbocycles. The third kappa shape index (κ3) is 3.77. The van der Waals surface area contributed by atoms with Gasteiger partial charge in [-0.3, -0.25) is 0 Å². The molecule has 0 fully saturated rings. The van der Waals surface area contributed by atoms with E-state index in [9.17, 15) is 13.2 Å². The van der Waals surface area contributed by atoms with Gasteiger partial charge in [-0.1, -0.05) is 24.3 Å². The molecule has 0 amide bonds. The Labute approximate surface area is 138 Å². The van der Waals surface area contributed by atoms with Crippen molar-refractivity contribution in [3.8, 4) is 0 Å². The Morgan fingerprint density at radius 2 is 0.958 bits per heavy atom. The molecule has 2 N–H and O–H groups in total. The van der Waals surface area contributed by atoms with Crippen molar-refractivity contribution in [2.45, 2.75) is 12.8 Å². The van der Waals surface area contributed by atoms with Crippen molar-refractivity contribution in [2.75, 3.05) is 5.73 Å². The number of anilines is 1. The first-order valence-electron chi connectivity index (χ1n) is 7.57. The second-order valence-corrected chi connectivity index (χ2v) is 5.74. The van der Waals surface area contributed by atoms with Gasteiger partial charge in [0.05, 0.1) is 0 Å². The van der Waals surface area contributed by atoms with Crippen LogP contribution in [0.5, 0.6) is 0 Å². The van der Waals surface area contributed by atoms with E-state index < -0.39 is 0 Å². The summed E-state index contributed by atoms with van der Waals surface area (Å²) in [7, 11) is 0. The molecule has 0 unspecified atom stereocenters. The van der Waals surface area contributed by atoms with Gasteiger partial charge in [-0.25, -0.2) is 13.2 Å². The van der Waals surface area contributed by atoms with E-state index in [-0.39, 0.29) is 17.5 Å². The molecule has 0 aromatic heterocycles. The molecule has 3 aromatic carbocycles. The maximum atomic E-state index is 14.0. The Bertz CT molecular complexity index is 771. The summed E-state index contributed by atoms with van der Waals surface area (Å²) in [5.41, 5.74) is 9.70. The molecule has 0 bridgehead atoms. The Morgan fingerprint density at radius 3 is 1.33 bits per heavy atom. The average molecular weight is 327 g/mol. The molecule has 3 rings (SSSR count). The fraction of sp³-hybridized carbons (Fsp3) is 0.100. The van der Waals surface area contributed by atoms with Crippen molar-refractivity contribution in [1.82, 2.24) is 0 Å². The number of hydrogen-bond acceptors (Lipinski definition) is 1. The molecule has 1 nitrogen and oxygen atoms in total. The molecule has 0 atom stereocenters. The molecule has 4 heteroatoms. The fourth-order valence-corrected chi connectivity index (χ4v) is 2.67. The maximum Gasteiger partial charge on any atom is 0.123 e. The molecule has 3 aromatic rings.